The van der Waals surface area contributed by atoms with Gasteiger partial charge >= 0.3 is 0 Å². The summed E-state index contributed by atoms with van der Waals surface area (Å²) in [6.07, 6.45) is 0. The molecule has 0 fully saturated rings. The van der Waals surface area contributed by atoms with Crippen molar-refractivity contribution in [2.75, 3.05) is 5.75 Å². The zero-order valence-corrected chi connectivity index (χ0v) is 15.2. The van der Waals surface area contributed by atoms with E-state index in [-0.39, 0.29) is 17.2 Å². The fourth-order valence-corrected chi connectivity index (χ4v) is 4.86. The van der Waals surface area contributed by atoms with Crippen molar-refractivity contribution in [3.8, 4) is 0 Å². The van der Waals surface area contributed by atoms with E-state index in [4.69, 9.17) is 0 Å². The zero-order chi connectivity index (χ0) is 15.9. The molecule has 0 spiro atoms. The standard InChI is InChI=1S/C15H19N3OS3/c1-4-20-14-17-18-15(22-14)21-11(3)13(19)16-10(2)12-8-6-5-7-9-12/h5-11H,4H2,1-3H3,(H,16,19). The highest BCUT2D eigenvalue weighted by molar-refractivity contribution is 8.03. The molecule has 0 radical (unpaired) electrons. The fourth-order valence-electron chi connectivity index (χ4n) is 1.79. The third-order valence-corrected chi connectivity index (χ3v) is 6.08. The molecule has 0 aliphatic rings. The first-order chi connectivity index (χ1) is 10.6. The molecule has 0 aliphatic carbocycles. The molecule has 22 heavy (non-hydrogen) atoms. The number of hydrogen-bond acceptors (Lipinski definition) is 6. The molecule has 2 atom stereocenters. The van der Waals surface area contributed by atoms with E-state index in [1.807, 2.05) is 44.2 Å². The van der Waals surface area contributed by atoms with Gasteiger partial charge in [-0.15, -0.1) is 10.2 Å². The molecule has 1 aromatic carbocycles. The van der Waals surface area contributed by atoms with Crippen molar-refractivity contribution >= 4 is 40.8 Å². The maximum Gasteiger partial charge on any atom is 0.233 e. The first-order valence-electron chi connectivity index (χ1n) is 7.08. The van der Waals surface area contributed by atoms with Crippen LogP contribution in [0, 0.1) is 0 Å². The monoisotopic (exact) mass is 353 g/mol. The second-order valence-electron chi connectivity index (χ2n) is 4.67. The van der Waals surface area contributed by atoms with E-state index in [0.717, 1.165) is 20.0 Å². The highest BCUT2D eigenvalue weighted by Gasteiger charge is 2.19. The Morgan fingerprint density at radius 3 is 2.59 bits per heavy atom. The van der Waals surface area contributed by atoms with Crippen molar-refractivity contribution in [1.29, 1.82) is 0 Å². The van der Waals surface area contributed by atoms with Crippen molar-refractivity contribution in [2.24, 2.45) is 0 Å². The Hall–Kier alpha value is -1.05. The van der Waals surface area contributed by atoms with Crippen LogP contribution in [0.4, 0.5) is 0 Å². The van der Waals surface area contributed by atoms with Gasteiger partial charge in [-0.05, 0) is 25.2 Å². The summed E-state index contributed by atoms with van der Waals surface area (Å²) in [7, 11) is 0. The lowest BCUT2D eigenvalue weighted by Gasteiger charge is -2.17. The molecular weight excluding hydrogens is 334 g/mol. The van der Waals surface area contributed by atoms with E-state index in [2.05, 4.69) is 22.4 Å². The number of nitrogens with one attached hydrogen (secondary N) is 1. The molecule has 1 amide bonds. The topological polar surface area (TPSA) is 54.9 Å². The van der Waals surface area contributed by atoms with Crippen LogP contribution in [0.2, 0.25) is 0 Å². The van der Waals surface area contributed by atoms with Crippen LogP contribution in [0.1, 0.15) is 32.4 Å². The minimum absolute atomic E-state index is 0.00243. The Morgan fingerprint density at radius 1 is 1.23 bits per heavy atom. The number of rotatable bonds is 7. The summed E-state index contributed by atoms with van der Waals surface area (Å²) in [5.74, 6) is 0.991. The van der Waals surface area contributed by atoms with Gasteiger partial charge in [0.05, 0.1) is 11.3 Å². The Bertz CT molecular complexity index is 603. The summed E-state index contributed by atoms with van der Waals surface area (Å²) in [5, 5.41) is 11.1. The summed E-state index contributed by atoms with van der Waals surface area (Å²) in [4.78, 5) is 12.3. The zero-order valence-electron chi connectivity index (χ0n) is 12.8. The van der Waals surface area contributed by atoms with Crippen LogP contribution in [-0.2, 0) is 4.79 Å². The molecule has 0 saturated carbocycles. The Balaban J connectivity index is 1.88. The normalized spacial score (nSPS) is 13.6. The summed E-state index contributed by atoms with van der Waals surface area (Å²) in [6, 6.07) is 9.95. The molecule has 0 aliphatic heterocycles. The third-order valence-electron chi connectivity index (χ3n) is 2.96. The van der Waals surface area contributed by atoms with E-state index in [1.54, 1.807) is 23.1 Å². The number of thioether (sulfide) groups is 2. The van der Waals surface area contributed by atoms with Gasteiger partial charge in [-0.3, -0.25) is 4.79 Å². The van der Waals surface area contributed by atoms with Crippen molar-refractivity contribution in [3.05, 3.63) is 35.9 Å². The molecule has 118 valence electrons. The van der Waals surface area contributed by atoms with Crippen molar-refractivity contribution in [2.45, 2.75) is 40.7 Å². The van der Waals surface area contributed by atoms with Gasteiger partial charge in [-0.1, -0.05) is 72.1 Å². The predicted molar refractivity (Wildman–Crippen MR) is 94.6 cm³/mol. The lowest BCUT2D eigenvalue weighted by molar-refractivity contribution is -0.120. The van der Waals surface area contributed by atoms with E-state index >= 15 is 0 Å². The van der Waals surface area contributed by atoms with Gasteiger partial charge in [0, 0.05) is 0 Å². The number of carbonyl (C=O) groups is 1. The molecule has 4 nitrogen and oxygen atoms in total. The molecule has 0 bridgehead atoms. The molecule has 1 aromatic heterocycles. The summed E-state index contributed by atoms with van der Waals surface area (Å²) < 4.78 is 1.79. The van der Waals surface area contributed by atoms with Crippen LogP contribution < -0.4 is 5.32 Å². The van der Waals surface area contributed by atoms with E-state index in [9.17, 15) is 4.79 Å². The van der Waals surface area contributed by atoms with Gasteiger partial charge in [0.15, 0.2) is 8.68 Å². The molecule has 7 heteroatoms. The number of carbonyl (C=O) groups excluding carboxylic acids is 1. The van der Waals surface area contributed by atoms with Crippen molar-refractivity contribution < 1.29 is 4.79 Å². The maximum absolute atomic E-state index is 12.3. The van der Waals surface area contributed by atoms with Crippen molar-refractivity contribution in [3.63, 3.8) is 0 Å². The molecule has 2 aromatic rings. The lowest BCUT2D eigenvalue weighted by atomic mass is 10.1. The van der Waals surface area contributed by atoms with Gasteiger partial charge in [-0.2, -0.15) is 0 Å². The Labute approximate surface area is 143 Å². The predicted octanol–water partition coefficient (Wildman–Crippen LogP) is 4.01. The molecule has 0 saturated heterocycles. The van der Waals surface area contributed by atoms with E-state index < -0.39 is 0 Å². The minimum Gasteiger partial charge on any atom is -0.349 e. The van der Waals surface area contributed by atoms with Crippen LogP contribution in [0.5, 0.6) is 0 Å². The van der Waals surface area contributed by atoms with Gasteiger partial charge in [0.25, 0.3) is 0 Å². The number of benzene rings is 1. The van der Waals surface area contributed by atoms with Crippen molar-refractivity contribution in [1.82, 2.24) is 15.5 Å². The first kappa shape index (κ1) is 17.3. The Kier molecular flexibility index (Phi) is 6.72. The van der Waals surface area contributed by atoms with Gasteiger partial charge in [0.1, 0.15) is 0 Å². The number of hydrogen-bond donors (Lipinski definition) is 1. The second-order valence-corrected chi connectivity index (χ2v) is 8.74. The molecular formula is C15H19N3OS3. The van der Waals surface area contributed by atoms with Gasteiger partial charge < -0.3 is 5.32 Å². The van der Waals surface area contributed by atoms with Crippen LogP contribution in [0.15, 0.2) is 39.0 Å². The first-order valence-corrected chi connectivity index (χ1v) is 9.76. The average molecular weight is 354 g/mol. The number of amides is 1. The summed E-state index contributed by atoms with van der Waals surface area (Å²) in [5.41, 5.74) is 1.10. The SMILES string of the molecule is CCSc1nnc(SC(C)C(=O)NC(C)c2ccccc2)s1. The van der Waals surface area contributed by atoms with E-state index in [0.29, 0.717) is 0 Å². The smallest absolute Gasteiger partial charge is 0.233 e. The third kappa shape index (κ3) is 5.00. The minimum atomic E-state index is -0.196. The molecule has 2 rings (SSSR count). The number of aromatic nitrogens is 2. The van der Waals surface area contributed by atoms with E-state index in [1.165, 1.54) is 11.8 Å². The summed E-state index contributed by atoms with van der Waals surface area (Å²) in [6.45, 7) is 5.97. The van der Waals surface area contributed by atoms with Crippen LogP contribution in [0.3, 0.4) is 0 Å². The highest BCUT2D eigenvalue weighted by Crippen LogP contribution is 2.31. The van der Waals surface area contributed by atoms with Gasteiger partial charge in [-0.25, -0.2) is 0 Å². The maximum atomic E-state index is 12.3. The summed E-state index contributed by atoms with van der Waals surface area (Å²) >= 11 is 4.67. The second kappa shape index (κ2) is 8.55. The quantitative estimate of drug-likeness (QED) is 0.762. The van der Waals surface area contributed by atoms with Crippen LogP contribution in [-0.4, -0.2) is 27.1 Å². The fraction of sp³-hybridized carbons (Fsp3) is 0.400. The Morgan fingerprint density at radius 2 is 1.91 bits per heavy atom. The molecule has 1 heterocycles. The highest BCUT2D eigenvalue weighted by atomic mass is 32.2. The van der Waals surface area contributed by atoms with Crippen LogP contribution >= 0.6 is 34.9 Å². The van der Waals surface area contributed by atoms with Gasteiger partial charge in [0.2, 0.25) is 5.91 Å². The average Bonchev–Trinajstić information content (AvgIpc) is 2.95. The number of nitrogens with zero attached hydrogens (tertiary/aromatic N) is 2. The van der Waals surface area contributed by atoms with Crippen LogP contribution in [0.25, 0.3) is 0 Å². The largest absolute Gasteiger partial charge is 0.349 e. The molecule has 1 N–H and O–H groups in total. The molecule has 2 unspecified atom stereocenters. The lowest BCUT2D eigenvalue weighted by Crippen LogP contribution is -2.33.